The minimum absolute atomic E-state index is 0.449. The van der Waals surface area contributed by atoms with Crippen molar-refractivity contribution in [2.24, 2.45) is 11.7 Å². The molecular formula is C13H29N3. The first-order valence-electron chi connectivity index (χ1n) is 6.65. The third-order valence-electron chi connectivity index (χ3n) is 3.59. The van der Waals surface area contributed by atoms with Gasteiger partial charge in [-0.25, -0.2) is 0 Å². The van der Waals surface area contributed by atoms with Crippen LogP contribution in [0.25, 0.3) is 0 Å². The number of nitrogens with two attached hydrogens (primary N) is 1. The van der Waals surface area contributed by atoms with Gasteiger partial charge in [-0.2, -0.15) is 0 Å². The van der Waals surface area contributed by atoms with E-state index in [0.717, 1.165) is 6.54 Å². The standard InChI is InChI=1S/C13H29N3/c1-10(2)13(9-16(3)4)15-12-7-5-11(14)6-8-12/h10-13,15H,5-9,14H2,1-4H3. The van der Waals surface area contributed by atoms with E-state index in [0.29, 0.717) is 24.0 Å². The molecule has 0 bridgehead atoms. The van der Waals surface area contributed by atoms with E-state index in [9.17, 15) is 0 Å². The highest BCUT2D eigenvalue weighted by Crippen LogP contribution is 2.18. The molecule has 1 aliphatic carbocycles. The van der Waals surface area contributed by atoms with E-state index >= 15 is 0 Å². The highest BCUT2D eigenvalue weighted by molar-refractivity contribution is 4.83. The summed E-state index contributed by atoms with van der Waals surface area (Å²) < 4.78 is 0. The normalized spacial score (nSPS) is 28.7. The molecule has 1 aliphatic rings. The summed E-state index contributed by atoms with van der Waals surface area (Å²) in [6.45, 7) is 5.73. The Morgan fingerprint density at radius 2 is 1.75 bits per heavy atom. The molecule has 0 aromatic rings. The smallest absolute Gasteiger partial charge is 0.0220 e. The fraction of sp³-hybridized carbons (Fsp3) is 1.00. The van der Waals surface area contributed by atoms with E-state index in [2.05, 4.69) is 38.2 Å². The lowest BCUT2D eigenvalue weighted by Gasteiger charge is -2.33. The number of likely N-dealkylation sites (N-methyl/N-ethyl adjacent to an activating group) is 1. The monoisotopic (exact) mass is 227 g/mol. The molecule has 96 valence electrons. The Kier molecular flexibility index (Phi) is 5.73. The van der Waals surface area contributed by atoms with Crippen molar-refractivity contribution in [1.29, 1.82) is 0 Å². The Bertz CT molecular complexity index is 184. The van der Waals surface area contributed by atoms with Gasteiger partial charge in [0, 0.05) is 24.7 Å². The summed E-state index contributed by atoms with van der Waals surface area (Å²) >= 11 is 0. The fourth-order valence-electron chi connectivity index (χ4n) is 2.44. The van der Waals surface area contributed by atoms with Gasteiger partial charge >= 0.3 is 0 Å². The molecule has 0 spiro atoms. The van der Waals surface area contributed by atoms with Gasteiger partial charge in [-0.05, 0) is 45.7 Å². The van der Waals surface area contributed by atoms with Gasteiger partial charge in [-0.3, -0.25) is 0 Å². The molecule has 0 aliphatic heterocycles. The maximum absolute atomic E-state index is 5.93. The van der Waals surface area contributed by atoms with E-state index in [4.69, 9.17) is 5.73 Å². The van der Waals surface area contributed by atoms with Crippen LogP contribution in [0.2, 0.25) is 0 Å². The predicted octanol–water partition coefficient (Wildman–Crippen LogP) is 1.43. The summed E-state index contributed by atoms with van der Waals surface area (Å²) in [5, 5.41) is 3.81. The van der Waals surface area contributed by atoms with Crippen LogP contribution in [0.15, 0.2) is 0 Å². The zero-order chi connectivity index (χ0) is 12.1. The fourth-order valence-corrected chi connectivity index (χ4v) is 2.44. The molecular weight excluding hydrogens is 198 g/mol. The first kappa shape index (κ1) is 13.9. The number of nitrogens with zero attached hydrogens (tertiary/aromatic N) is 1. The van der Waals surface area contributed by atoms with Gasteiger partial charge in [0.05, 0.1) is 0 Å². The summed E-state index contributed by atoms with van der Waals surface area (Å²) in [6, 6.07) is 1.74. The number of hydrogen-bond acceptors (Lipinski definition) is 3. The average molecular weight is 227 g/mol. The Balaban J connectivity index is 2.36. The zero-order valence-corrected chi connectivity index (χ0v) is 11.4. The molecule has 1 rings (SSSR count). The van der Waals surface area contributed by atoms with E-state index in [1.165, 1.54) is 25.7 Å². The van der Waals surface area contributed by atoms with Gasteiger partial charge in [-0.15, -0.1) is 0 Å². The molecule has 0 heterocycles. The third kappa shape index (κ3) is 4.81. The molecule has 3 heteroatoms. The number of hydrogen-bond donors (Lipinski definition) is 2. The molecule has 16 heavy (non-hydrogen) atoms. The molecule has 1 atom stereocenters. The molecule has 1 unspecified atom stereocenters. The van der Waals surface area contributed by atoms with E-state index in [1.807, 2.05) is 0 Å². The quantitative estimate of drug-likeness (QED) is 0.746. The van der Waals surface area contributed by atoms with Crippen LogP contribution in [0.5, 0.6) is 0 Å². The molecule has 3 N–H and O–H groups in total. The topological polar surface area (TPSA) is 41.3 Å². The van der Waals surface area contributed by atoms with E-state index in [-0.39, 0.29) is 0 Å². The van der Waals surface area contributed by atoms with Crippen molar-refractivity contribution in [3.05, 3.63) is 0 Å². The van der Waals surface area contributed by atoms with Crippen molar-refractivity contribution in [2.75, 3.05) is 20.6 Å². The molecule has 1 saturated carbocycles. The predicted molar refractivity (Wildman–Crippen MR) is 70.5 cm³/mol. The van der Waals surface area contributed by atoms with Crippen molar-refractivity contribution < 1.29 is 0 Å². The molecule has 3 nitrogen and oxygen atoms in total. The van der Waals surface area contributed by atoms with Gasteiger partial charge in [0.15, 0.2) is 0 Å². The maximum Gasteiger partial charge on any atom is 0.0220 e. The Morgan fingerprint density at radius 1 is 1.19 bits per heavy atom. The maximum atomic E-state index is 5.93. The molecule has 0 amide bonds. The Labute approximate surface area is 101 Å². The van der Waals surface area contributed by atoms with Crippen molar-refractivity contribution >= 4 is 0 Å². The first-order chi connectivity index (χ1) is 7.49. The van der Waals surface area contributed by atoms with Crippen LogP contribution in [0.1, 0.15) is 39.5 Å². The second-order valence-corrected chi connectivity index (χ2v) is 5.89. The van der Waals surface area contributed by atoms with Crippen LogP contribution < -0.4 is 11.1 Å². The summed E-state index contributed by atoms with van der Waals surface area (Å²) in [5.74, 6) is 0.693. The van der Waals surface area contributed by atoms with Gasteiger partial charge in [0.1, 0.15) is 0 Å². The zero-order valence-electron chi connectivity index (χ0n) is 11.4. The Hall–Kier alpha value is -0.120. The van der Waals surface area contributed by atoms with Gasteiger partial charge < -0.3 is 16.0 Å². The van der Waals surface area contributed by atoms with Gasteiger partial charge in [0.2, 0.25) is 0 Å². The van der Waals surface area contributed by atoms with E-state index < -0.39 is 0 Å². The highest BCUT2D eigenvalue weighted by atomic mass is 15.1. The van der Waals surface area contributed by atoms with Crippen LogP contribution in [0.4, 0.5) is 0 Å². The molecule has 0 aromatic heterocycles. The summed E-state index contributed by atoms with van der Waals surface area (Å²) in [7, 11) is 4.29. The van der Waals surface area contributed by atoms with Crippen molar-refractivity contribution in [3.8, 4) is 0 Å². The highest BCUT2D eigenvalue weighted by Gasteiger charge is 2.22. The summed E-state index contributed by atoms with van der Waals surface area (Å²) in [5.41, 5.74) is 5.93. The van der Waals surface area contributed by atoms with Crippen molar-refractivity contribution in [3.63, 3.8) is 0 Å². The van der Waals surface area contributed by atoms with Crippen LogP contribution in [0.3, 0.4) is 0 Å². The number of rotatable bonds is 5. The van der Waals surface area contributed by atoms with Crippen LogP contribution >= 0.6 is 0 Å². The van der Waals surface area contributed by atoms with Crippen LogP contribution in [-0.2, 0) is 0 Å². The molecule has 0 aromatic carbocycles. The summed E-state index contributed by atoms with van der Waals surface area (Å²) in [4.78, 5) is 2.27. The lowest BCUT2D eigenvalue weighted by molar-refractivity contribution is 0.239. The van der Waals surface area contributed by atoms with E-state index in [1.54, 1.807) is 0 Å². The second kappa shape index (κ2) is 6.58. The average Bonchev–Trinajstić information content (AvgIpc) is 2.19. The van der Waals surface area contributed by atoms with Gasteiger partial charge in [-0.1, -0.05) is 13.8 Å². The van der Waals surface area contributed by atoms with Gasteiger partial charge in [0.25, 0.3) is 0 Å². The second-order valence-electron chi connectivity index (χ2n) is 5.89. The lowest BCUT2D eigenvalue weighted by Crippen LogP contribution is -2.48. The number of nitrogens with one attached hydrogen (secondary N) is 1. The largest absolute Gasteiger partial charge is 0.328 e. The van der Waals surface area contributed by atoms with Crippen LogP contribution in [-0.4, -0.2) is 43.7 Å². The minimum Gasteiger partial charge on any atom is -0.328 e. The third-order valence-corrected chi connectivity index (χ3v) is 3.59. The van der Waals surface area contributed by atoms with Crippen molar-refractivity contribution in [1.82, 2.24) is 10.2 Å². The minimum atomic E-state index is 0.449. The van der Waals surface area contributed by atoms with Crippen molar-refractivity contribution in [2.45, 2.75) is 57.7 Å². The lowest BCUT2D eigenvalue weighted by atomic mass is 9.90. The molecule has 1 fully saturated rings. The summed E-state index contributed by atoms with van der Waals surface area (Å²) in [6.07, 6.45) is 4.87. The SMILES string of the molecule is CC(C)C(CN(C)C)NC1CCC(N)CC1. The van der Waals surface area contributed by atoms with Crippen LogP contribution in [0, 0.1) is 5.92 Å². The molecule has 0 radical (unpaired) electrons. The first-order valence-corrected chi connectivity index (χ1v) is 6.65. The Morgan fingerprint density at radius 3 is 2.19 bits per heavy atom. The molecule has 0 saturated heterocycles.